The van der Waals surface area contributed by atoms with Gasteiger partial charge < -0.3 is 30.6 Å². The molecule has 6 atom stereocenters. The molecular weight excluding hydrogens is 391 g/mol. The second-order valence-electron chi connectivity index (χ2n) is 5.80. The van der Waals surface area contributed by atoms with Crippen LogP contribution in [0.5, 0.6) is 0 Å². The topological polar surface area (TPSA) is 121 Å². The molecule has 0 amide bonds. The van der Waals surface area contributed by atoms with Crippen LogP contribution in [-0.2, 0) is 0 Å². The van der Waals surface area contributed by atoms with E-state index in [0.29, 0.717) is 19.3 Å². The van der Waals surface area contributed by atoms with E-state index >= 15 is 0 Å². The predicted molar refractivity (Wildman–Crippen MR) is 89.7 cm³/mol. The fraction of sp³-hybridized carbons (Fsp3) is 1.00. The van der Waals surface area contributed by atoms with Crippen molar-refractivity contribution < 1.29 is 30.6 Å². The molecular formula is C15H36InO6. The van der Waals surface area contributed by atoms with Crippen molar-refractivity contribution in [3.05, 3.63) is 0 Å². The molecule has 0 aliphatic rings. The molecule has 135 valence electrons. The Bertz CT molecular complexity index is 145. The minimum atomic E-state index is -0.375. The maximum absolute atomic E-state index is 8.56. The van der Waals surface area contributed by atoms with Crippen LogP contribution in [0.3, 0.4) is 0 Å². The maximum atomic E-state index is 8.56. The summed E-state index contributed by atoms with van der Waals surface area (Å²) in [5.74, 6) is 0. The third-order valence-corrected chi connectivity index (χ3v) is 2.05. The van der Waals surface area contributed by atoms with Gasteiger partial charge in [-0.25, -0.2) is 0 Å². The Morgan fingerprint density at radius 1 is 0.409 bits per heavy atom. The second-order valence-corrected chi connectivity index (χ2v) is 5.80. The van der Waals surface area contributed by atoms with Crippen LogP contribution in [0.1, 0.15) is 60.8 Å². The third kappa shape index (κ3) is 49.8. The van der Waals surface area contributed by atoms with Crippen LogP contribution in [-0.4, -0.2) is 93.1 Å². The average molecular weight is 427 g/mol. The summed E-state index contributed by atoms with van der Waals surface area (Å²) in [4.78, 5) is 0. The predicted octanol–water partition coefficient (Wildman–Crippen LogP) is 0.0335. The zero-order chi connectivity index (χ0) is 17.6. The first-order valence-electron chi connectivity index (χ1n) is 7.46. The van der Waals surface area contributed by atoms with Gasteiger partial charge in [-0.05, 0) is 60.8 Å². The smallest absolute Gasteiger partial charge is 0.0536 e. The molecule has 3 radical (unpaired) electrons. The van der Waals surface area contributed by atoms with E-state index in [1.165, 1.54) is 0 Å². The molecule has 0 heterocycles. The van der Waals surface area contributed by atoms with E-state index in [4.69, 9.17) is 30.6 Å². The molecule has 6 N–H and O–H groups in total. The molecule has 0 rings (SSSR count). The monoisotopic (exact) mass is 427 g/mol. The largest absolute Gasteiger partial charge is 0.393 e. The standard InChI is InChI=1S/3C5H12O2.In/c3*1-4(6)3-5(2)7;/h3*4-7H,3H2,1-2H3;. The van der Waals surface area contributed by atoms with E-state index in [9.17, 15) is 0 Å². The molecule has 0 spiro atoms. The van der Waals surface area contributed by atoms with Crippen molar-refractivity contribution in [3.63, 3.8) is 0 Å². The number of hydrogen-bond donors (Lipinski definition) is 6. The van der Waals surface area contributed by atoms with Crippen molar-refractivity contribution in [2.75, 3.05) is 0 Å². The quantitative estimate of drug-likeness (QED) is 0.356. The van der Waals surface area contributed by atoms with Crippen LogP contribution < -0.4 is 0 Å². The average Bonchev–Trinajstić information content (AvgIpc) is 2.10. The summed E-state index contributed by atoms with van der Waals surface area (Å²) in [5.41, 5.74) is 0. The summed E-state index contributed by atoms with van der Waals surface area (Å²) in [6, 6.07) is 0. The van der Waals surface area contributed by atoms with E-state index in [1.54, 1.807) is 41.5 Å². The fourth-order valence-corrected chi connectivity index (χ4v) is 1.48. The van der Waals surface area contributed by atoms with Crippen molar-refractivity contribution in [1.29, 1.82) is 0 Å². The van der Waals surface area contributed by atoms with Gasteiger partial charge in [-0.2, -0.15) is 0 Å². The number of hydrogen-bond acceptors (Lipinski definition) is 6. The van der Waals surface area contributed by atoms with Gasteiger partial charge in [-0.3, -0.25) is 0 Å². The SMILES string of the molecule is CC(O)CC(C)O.CC(O)CC(C)O.CC(O)CC(C)O.[In]. The van der Waals surface area contributed by atoms with Gasteiger partial charge in [0.1, 0.15) is 0 Å². The van der Waals surface area contributed by atoms with Crippen LogP contribution >= 0.6 is 0 Å². The molecule has 0 saturated heterocycles. The molecule has 0 saturated carbocycles. The van der Waals surface area contributed by atoms with Crippen LogP contribution in [0, 0.1) is 0 Å². The van der Waals surface area contributed by atoms with Gasteiger partial charge >= 0.3 is 0 Å². The van der Waals surface area contributed by atoms with Crippen LogP contribution in [0.4, 0.5) is 0 Å². The Morgan fingerprint density at radius 2 is 0.500 bits per heavy atom. The van der Waals surface area contributed by atoms with Crippen molar-refractivity contribution in [1.82, 2.24) is 0 Å². The molecule has 0 aliphatic heterocycles. The van der Waals surface area contributed by atoms with Crippen LogP contribution in [0.2, 0.25) is 0 Å². The Kier molecular flexibility index (Phi) is 27.3. The summed E-state index contributed by atoms with van der Waals surface area (Å²) in [6.45, 7) is 9.96. The fourth-order valence-electron chi connectivity index (χ4n) is 1.48. The first kappa shape index (κ1) is 30.5. The summed E-state index contributed by atoms with van der Waals surface area (Å²) < 4.78 is 0. The van der Waals surface area contributed by atoms with Gasteiger partial charge in [0.15, 0.2) is 0 Å². The second kappa shape index (κ2) is 19.7. The molecule has 0 aromatic heterocycles. The van der Waals surface area contributed by atoms with E-state index in [2.05, 4.69) is 0 Å². The number of aliphatic hydroxyl groups excluding tert-OH is 6. The molecule has 22 heavy (non-hydrogen) atoms. The molecule has 0 bridgehead atoms. The number of aliphatic hydroxyl groups is 6. The van der Waals surface area contributed by atoms with E-state index in [0.717, 1.165) is 0 Å². The molecule has 0 fully saturated rings. The van der Waals surface area contributed by atoms with Crippen LogP contribution in [0.15, 0.2) is 0 Å². The van der Waals surface area contributed by atoms with Crippen molar-refractivity contribution in [2.45, 2.75) is 97.4 Å². The molecule has 7 heteroatoms. The molecule has 6 unspecified atom stereocenters. The van der Waals surface area contributed by atoms with Gasteiger partial charge in [0.2, 0.25) is 0 Å². The van der Waals surface area contributed by atoms with Crippen molar-refractivity contribution >= 4 is 25.8 Å². The first-order chi connectivity index (χ1) is 9.38. The summed E-state index contributed by atoms with van der Waals surface area (Å²) in [6.07, 6.45) is -0.833. The van der Waals surface area contributed by atoms with Crippen molar-refractivity contribution in [2.24, 2.45) is 0 Å². The van der Waals surface area contributed by atoms with Gasteiger partial charge in [0.25, 0.3) is 0 Å². The molecule has 0 aromatic carbocycles. The van der Waals surface area contributed by atoms with Gasteiger partial charge in [0.05, 0.1) is 36.6 Å². The summed E-state index contributed by atoms with van der Waals surface area (Å²) in [7, 11) is 0. The maximum Gasteiger partial charge on any atom is 0.0536 e. The molecule has 0 aliphatic carbocycles. The number of rotatable bonds is 6. The Morgan fingerprint density at radius 3 is 0.500 bits per heavy atom. The van der Waals surface area contributed by atoms with Gasteiger partial charge in [0, 0.05) is 25.8 Å². The van der Waals surface area contributed by atoms with Crippen LogP contribution in [0.25, 0.3) is 0 Å². The van der Waals surface area contributed by atoms with Crippen molar-refractivity contribution in [3.8, 4) is 0 Å². The molecule has 0 aromatic rings. The first-order valence-corrected chi connectivity index (χ1v) is 7.46. The Hall–Kier alpha value is 0.630. The van der Waals surface area contributed by atoms with E-state index in [1.807, 2.05) is 0 Å². The summed E-state index contributed by atoms with van der Waals surface area (Å²) >= 11 is 0. The third-order valence-electron chi connectivity index (χ3n) is 2.05. The summed E-state index contributed by atoms with van der Waals surface area (Å²) in [5, 5.41) is 51.4. The normalized spacial score (nSPS) is 18.0. The van der Waals surface area contributed by atoms with E-state index < -0.39 is 0 Å². The Labute approximate surface area is 154 Å². The van der Waals surface area contributed by atoms with Gasteiger partial charge in [-0.15, -0.1) is 0 Å². The van der Waals surface area contributed by atoms with Gasteiger partial charge in [-0.1, -0.05) is 0 Å². The molecule has 6 nitrogen and oxygen atoms in total. The minimum Gasteiger partial charge on any atom is -0.393 e. The van der Waals surface area contributed by atoms with E-state index in [-0.39, 0.29) is 62.5 Å². The zero-order valence-electron chi connectivity index (χ0n) is 14.8. The Balaban J connectivity index is -0.000000108. The zero-order valence-corrected chi connectivity index (χ0v) is 18.1. The minimum absolute atomic E-state index is 0.